The lowest BCUT2D eigenvalue weighted by atomic mass is 9.55. The molecule has 0 spiro atoms. The van der Waals surface area contributed by atoms with E-state index in [2.05, 4.69) is 40.6 Å². The van der Waals surface area contributed by atoms with Gasteiger partial charge in [-0.05, 0) is 59.8 Å². The summed E-state index contributed by atoms with van der Waals surface area (Å²) in [5, 5.41) is 3.36. The van der Waals surface area contributed by atoms with Crippen LogP contribution in [0.2, 0.25) is 0 Å². The summed E-state index contributed by atoms with van der Waals surface area (Å²) >= 11 is 0. The number of rotatable bonds is 0. The van der Waals surface area contributed by atoms with E-state index in [1.54, 1.807) is 0 Å². The third kappa shape index (κ3) is 9.47. The number of carbonyl (C=O) groups is 5. The molecule has 3 saturated heterocycles. The monoisotopic (exact) mass is 859 g/mol. The molecule has 0 unspecified atom stereocenters. The summed E-state index contributed by atoms with van der Waals surface area (Å²) < 4.78 is 0. The molecule has 0 aromatic rings. The van der Waals surface area contributed by atoms with Crippen molar-refractivity contribution in [3.05, 3.63) is 69.6 Å². The minimum Gasteiger partial charge on any atom is -0.341 e. The van der Waals surface area contributed by atoms with Crippen LogP contribution in [0.4, 0.5) is 0 Å². The van der Waals surface area contributed by atoms with Gasteiger partial charge in [0.1, 0.15) is 0 Å². The molecule has 3 aliphatic carbocycles. The number of nitrogens with zero attached hydrogens (tertiary/aromatic N) is 5. The molecule has 0 radical (unpaired) electrons. The van der Waals surface area contributed by atoms with Crippen LogP contribution >= 0.6 is 12.4 Å². The third-order valence-corrected chi connectivity index (χ3v) is 14.6. The van der Waals surface area contributed by atoms with E-state index in [1.165, 1.54) is 0 Å². The second-order valence-corrected chi connectivity index (χ2v) is 22.7. The lowest BCUT2D eigenvalue weighted by Crippen LogP contribution is -2.57. The van der Waals surface area contributed by atoms with Gasteiger partial charge in [-0.3, -0.25) is 9.59 Å². The largest absolute Gasteiger partial charge is 0.341 e. The lowest BCUT2D eigenvalue weighted by molar-refractivity contribution is -0.148. The summed E-state index contributed by atoms with van der Waals surface area (Å²) in [5.41, 5.74) is -2.17. The van der Waals surface area contributed by atoms with Crippen molar-refractivity contribution in [3.8, 4) is 0 Å². The van der Waals surface area contributed by atoms with E-state index >= 15 is 0 Å². The number of fused-ring (bicyclic) bond motifs is 3. The van der Waals surface area contributed by atoms with Gasteiger partial charge in [0.15, 0.2) is 17.3 Å². The Morgan fingerprint density at radius 1 is 0.574 bits per heavy atom. The summed E-state index contributed by atoms with van der Waals surface area (Å²) in [6.45, 7) is 55.7. The number of halogens is 1. The second-order valence-electron chi connectivity index (χ2n) is 22.7. The van der Waals surface area contributed by atoms with Gasteiger partial charge in [-0.2, -0.15) is 0 Å². The molecule has 2 amide bonds. The summed E-state index contributed by atoms with van der Waals surface area (Å²) in [6.07, 6.45) is 8.15. The van der Waals surface area contributed by atoms with Crippen LogP contribution < -0.4 is 5.32 Å². The Balaban J connectivity index is 0.000000245. The molecule has 3 fully saturated rings. The number of piperidine rings is 3. The Morgan fingerprint density at radius 3 is 1.16 bits per heavy atom. The number of hydrogen-bond donors (Lipinski definition) is 1. The van der Waals surface area contributed by atoms with Crippen LogP contribution in [-0.4, -0.2) is 78.2 Å². The SMILES string of the molecule is Cl.[C-]#[N+]C1=C[C@@]2(C)CN(C(=O)C(C)(C)C)CC[C@@H]2C(C)(C)C1=O.[C-]#[N+]C1=C[C@]2(C)CN(C(=O)C(C)(C)C)CC[C@H]2C(C)(C)C1=O.[C-]#[N+]C1=C[C@]2(C)CNCC[C@H]2C(C)(C)C1=O. The number of allylic oxidation sites excluding steroid dienone is 3. The van der Waals surface area contributed by atoms with Gasteiger partial charge in [0.25, 0.3) is 0 Å². The minimum atomic E-state index is -0.541. The zero-order valence-electron chi connectivity index (χ0n) is 39.5. The molecule has 61 heavy (non-hydrogen) atoms. The minimum absolute atomic E-state index is 0. The van der Waals surface area contributed by atoms with Crippen molar-refractivity contribution in [2.24, 2.45) is 61.1 Å². The highest BCUT2D eigenvalue weighted by atomic mass is 35.5. The Hall–Kier alpha value is -4.11. The van der Waals surface area contributed by atoms with E-state index in [0.29, 0.717) is 37.8 Å². The zero-order valence-corrected chi connectivity index (χ0v) is 40.3. The van der Waals surface area contributed by atoms with Crippen LogP contribution in [0.3, 0.4) is 0 Å². The molecule has 0 saturated carbocycles. The first-order chi connectivity index (χ1) is 27.3. The van der Waals surface area contributed by atoms with Gasteiger partial charge in [-0.15, -0.1) is 12.4 Å². The first-order valence-electron chi connectivity index (χ1n) is 21.5. The number of Topliss-reactive ketones (excluding diaryl/α,β-unsaturated/α-hetero) is 3. The van der Waals surface area contributed by atoms with Crippen molar-refractivity contribution in [2.75, 3.05) is 39.3 Å². The molecule has 3 aliphatic heterocycles. The first kappa shape index (κ1) is 51.2. The van der Waals surface area contributed by atoms with Gasteiger partial charge in [0.2, 0.25) is 28.9 Å². The van der Waals surface area contributed by atoms with Gasteiger partial charge >= 0.3 is 0 Å². The maximum absolute atomic E-state index is 12.6. The van der Waals surface area contributed by atoms with Crippen molar-refractivity contribution < 1.29 is 24.0 Å². The van der Waals surface area contributed by atoms with Crippen molar-refractivity contribution in [3.63, 3.8) is 0 Å². The average Bonchev–Trinajstić information content (AvgIpc) is 3.15. The van der Waals surface area contributed by atoms with E-state index in [4.69, 9.17) is 19.7 Å². The molecule has 0 aromatic carbocycles. The summed E-state index contributed by atoms with van der Waals surface area (Å²) in [4.78, 5) is 76.4. The maximum atomic E-state index is 12.6. The predicted octanol–water partition coefficient (Wildman–Crippen LogP) is 9.03. The molecule has 334 valence electrons. The maximum Gasteiger partial charge on any atom is 0.227 e. The van der Waals surface area contributed by atoms with Gasteiger partial charge in [0, 0.05) is 59.8 Å². The Kier molecular flexibility index (Phi) is 14.5. The molecule has 12 heteroatoms. The fourth-order valence-corrected chi connectivity index (χ4v) is 11.6. The Morgan fingerprint density at radius 2 is 0.869 bits per heavy atom. The van der Waals surface area contributed by atoms with Crippen molar-refractivity contribution in [1.29, 1.82) is 0 Å². The van der Waals surface area contributed by atoms with Crippen molar-refractivity contribution in [1.82, 2.24) is 15.1 Å². The van der Waals surface area contributed by atoms with Crippen LogP contribution in [0.25, 0.3) is 14.5 Å². The first-order valence-corrected chi connectivity index (χ1v) is 21.5. The molecule has 0 aromatic heterocycles. The number of nitrogens with one attached hydrogen (secondary N) is 1. The lowest BCUT2D eigenvalue weighted by Gasteiger charge is -2.53. The standard InChI is InChI=1S/2C18H26N2O2.C13H18N2O.ClH/c2*1-16(2,3)15(22)20-9-8-13-17(4,5)14(21)12(19-7)10-18(13,6)11-20;1-12(2)10-5-6-15-8-13(10,3)7-9(14-4)11(12)16;/h2*10,13H,8-9,11H2,1-6H3;7,10,15H,5-6,8H2,1-3H3;1H/t2*13-,18+;10-,13+;/m100./s1. The normalized spacial score (nSPS) is 32.2. The smallest absolute Gasteiger partial charge is 0.227 e. The second kappa shape index (κ2) is 17.2. The van der Waals surface area contributed by atoms with Crippen LogP contribution in [0, 0.1) is 80.8 Å². The molecule has 1 N–H and O–H groups in total. The molecular weight excluding hydrogens is 788 g/mol. The number of likely N-dealkylation sites (tertiary alicyclic amines) is 2. The van der Waals surface area contributed by atoms with Crippen LogP contribution in [-0.2, 0) is 24.0 Å². The fourth-order valence-electron chi connectivity index (χ4n) is 11.6. The van der Waals surface area contributed by atoms with E-state index < -0.39 is 27.1 Å². The summed E-state index contributed by atoms with van der Waals surface area (Å²) in [5.74, 6) is 0.871. The number of amides is 2. The van der Waals surface area contributed by atoms with Gasteiger partial charge in [0.05, 0.1) is 19.7 Å². The molecule has 6 rings (SSSR count). The van der Waals surface area contributed by atoms with E-state index in [-0.39, 0.29) is 81.0 Å². The molecule has 11 nitrogen and oxygen atoms in total. The topological polar surface area (TPSA) is 117 Å². The average molecular weight is 860 g/mol. The molecule has 3 heterocycles. The highest BCUT2D eigenvalue weighted by molar-refractivity contribution is 6.03. The highest BCUT2D eigenvalue weighted by Gasteiger charge is 2.56. The van der Waals surface area contributed by atoms with Gasteiger partial charge in [-0.25, -0.2) is 14.5 Å². The van der Waals surface area contributed by atoms with Crippen LogP contribution in [0.15, 0.2) is 35.3 Å². The predicted molar refractivity (Wildman–Crippen MR) is 241 cm³/mol. The molecule has 0 bridgehead atoms. The zero-order chi connectivity index (χ0) is 45.8. The van der Waals surface area contributed by atoms with Crippen LogP contribution in [0.1, 0.15) is 123 Å². The van der Waals surface area contributed by atoms with E-state index in [1.807, 2.05) is 111 Å². The number of carbonyl (C=O) groups excluding carboxylic acids is 5. The van der Waals surface area contributed by atoms with Crippen molar-refractivity contribution in [2.45, 2.75) is 123 Å². The van der Waals surface area contributed by atoms with E-state index in [0.717, 1.165) is 32.4 Å². The third-order valence-electron chi connectivity index (χ3n) is 14.6. The van der Waals surface area contributed by atoms with Gasteiger partial charge in [-0.1, -0.05) is 122 Å². The quantitative estimate of drug-likeness (QED) is 0.243. The number of hydrogen-bond acceptors (Lipinski definition) is 6. The fraction of sp³-hybridized carbons (Fsp3) is 0.714. The highest BCUT2D eigenvalue weighted by Crippen LogP contribution is 2.54. The Labute approximate surface area is 372 Å². The summed E-state index contributed by atoms with van der Waals surface area (Å²) in [7, 11) is 0. The van der Waals surface area contributed by atoms with Crippen LogP contribution in [0.5, 0.6) is 0 Å². The molecule has 6 atom stereocenters. The van der Waals surface area contributed by atoms with E-state index in [9.17, 15) is 24.0 Å². The van der Waals surface area contributed by atoms with Gasteiger partial charge < -0.3 is 29.5 Å². The Bertz CT molecular complexity index is 1940. The summed E-state index contributed by atoms with van der Waals surface area (Å²) in [6, 6.07) is 0. The molecule has 6 aliphatic rings. The van der Waals surface area contributed by atoms with Crippen molar-refractivity contribution >= 4 is 41.6 Å². The number of ketones is 3. The molecular formula is C49H71ClN6O5.